The lowest BCUT2D eigenvalue weighted by atomic mass is 9.85. The van der Waals surface area contributed by atoms with Gasteiger partial charge in [-0.3, -0.25) is 4.90 Å². The average molecular weight is 333 g/mol. The minimum atomic E-state index is 0.132. The molecule has 0 aromatic heterocycles. The van der Waals surface area contributed by atoms with Gasteiger partial charge in [-0.05, 0) is 66.8 Å². The van der Waals surface area contributed by atoms with Crippen LogP contribution in [0.4, 0.5) is 0 Å². The Kier molecular flexibility index (Phi) is 4.16. The fourth-order valence-electron chi connectivity index (χ4n) is 3.73. The van der Waals surface area contributed by atoms with E-state index in [1.807, 2.05) is 6.07 Å². The van der Waals surface area contributed by atoms with Gasteiger partial charge in [0.05, 0.1) is 0 Å². The zero-order valence-electron chi connectivity index (χ0n) is 15.5. The first-order valence-electron chi connectivity index (χ1n) is 9.35. The minimum absolute atomic E-state index is 0.132. The van der Waals surface area contributed by atoms with E-state index in [9.17, 15) is 0 Å². The van der Waals surface area contributed by atoms with Crippen LogP contribution in [0.15, 0.2) is 42.5 Å². The zero-order chi connectivity index (χ0) is 17.4. The molecule has 1 fully saturated rings. The number of para-hydroxylation sites is 1. The standard InChI is InChI=1S/C23H27NO/c1-23(2,3)19-10-11-22-20(15-19)18(16-24-12-6-7-13-24)14-17-8-4-5-9-21(17)25-22/h4-5,8-11,14-15H,6-7,12-13,16H2,1-3H3. The highest BCUT2D eigenvalue weighted by Crippen LogP contribution is 2.40. The van der Waals surface area contributed by atoms with Crippen LogP contribution in [0.25, 0.3) is 11.6 Å². The third-order valence-corrected chi connectivity index (χ3v) is 5.25. The summed E-state index contributed by atoms with van der Waals surface area (Å²) in [5.74, 6) is 1.92. The first kappa shape index (κ1) is 16.4. The van der Waals surface area contributed by atoms with E-state index in [-0.39, 0.29) is 5.41 Å². The van der Waals surface area contributed by atoms with Gasteiger partial charge in [0.25, 0.3) is 0 Å². The maximum absolute atomic E-state index is 6.29. The Labute approximate surface area is 151 Å². The molecule has 2 aromatic carbocycles. The van der Waals surface area contributed by atoms with Crippen molar-refractivity contribution in [1.82, 2.24) is 4.90 Å². The quantitative estimate of drug-likeness (QED) is 0.696. The Morgan fingerprint density at radius 2 is 1.72 bits per heavy atom. The zero-order valence-corrected chi connectivity index (χ0v) is 15.5. The Morgan fingerprint density at radius 1 is 0.960 bits per heavy atom. The monoisotopic (exact) mass is 333 g/mol. The Morgan fingerprint density at radius 3 is 2.48 bits per heavy atom. The number of hydrogen-bond acceptors (Lipinski definition) is 2. The van der Waals surface area contributed by atoms with Crippen molar-refractivity contribution < 1.29 is 4.74 Å². The highest BCUT2D eigenvalue weighted by molar-refractivity contribution is 5.88. The van der Waals surface area contributed by atoms with E-state index in [0.29, 0.717) is 0 Å². The second kappa shape index (κ2) is 6.34. The molecule has 2 heterocycles. The van der Waals surface area contributed by atoms with Crippen LogP contribution in [-0.2, 0) is 5.41 Å². The SMILES string of the molecule is CC(C)(C)c1ccc2c(c1)C(CN1CCCC1)=Cc1ccccc1O2. The van der Waals surface area contributed by atoms with Gasteiger partial charge in [-0.25, -0.2) is 0 Å². The van der Waals surface area contributed by atoms with E-state index in [2.05, 4.69) is 68.1 Å². The Balaban J connectivity index is 1.82. The van der Waals surface area contributed by atoms with Crippen molar-refractivity contribution in [1.29, 1.82) is 0 Å². The number of nitrogens with zero attached hydrogens (tertiary/aromatic N) is 1. The summed E-state index contributed by atoms with van der Waals surface area (Å²) in [5, 5.41) is 0. The number of benzene rings is 2. The van der Waals surface area contributed by atoms with E-state index >= 15 is 0 Å². The van der Waals surface area contributed by atoms with Crippen LogP contribution >= 0.6 is 0 Å². The van der Waals surface area contributed by atoms with Gasteiger partial charge in [0.1, 0.15) is 11.5 Å². The molecule has 0 aliphatic carbocycles. The number of ether oxygens (including phenoxy) is 1. The molecule has 0 spiro atoms. The van der Waals surface area contributed by atoms with Crippen molar-refractivity contribution >= 4 is 11.6 Å². The lowest BCUT2D eigenvalue weighted by molar-refractivity contribution is 0.383. The van der Waals surface area contributed by atoms with Gasteiger partial charge < -0.3 is 4.74 Å². The molecule has 0 unspecified atom stereocenters. The summed E-state index contributed by atoms with van der Waals surface area (Å²) in [6.07, 6.45) is 4.95. The van der Waals surface area contributed by atoms with Crippen molar-refractivity contribution in [2.75, 3.05) is 19.6 Å². The topological polar surface area (TPSA) is 12.5 Å². The van der Waals surface area contributed by atoms with Gasteiger partial charge in [0, 0.05) is 17.7 Å². The molecular formula is C23H27NO. The summed E-state index contributed by atoms with van der Waals surface area (Å²) in [4.78, 5) is 2.56. The van der Waals surface area contributed by atoms with Gasteiger partial charge in [-0.15, -0.1) is 0 Å². The van der Waals surface area contributed by atoms with Gasteiger partial charge >= 0.3 is 0 Å². The number of hydrogen-bond donors (Lipinski definition) is 0. The molecule has 0 atom stereocenters. The molecule has 130 valence electrons. The fraction of sp³-hybridized carbons (Fsp3) is 0.391. The summed E-state index contributed by atoms with van der Waals surface area (Å²) in [5.41, 5.74) is 5.27. The van der Waals surface area contributed by atoms with E-state index < -0.39 is 0 Å². The van der Waals surface area contributed by atoms with Crippen LogP contribution in [0.3, 0.4) is 0 Å². The van der Waals surface area contributed by atoms with E-state index in [4.69, 9.17) is 4.74 Å². The van der Waals surface area contributed by atoms with Crippen molar-refractivity contribution in [2.24, 2.45) is 0 Å². The molecule has 2 aliphatic rings. The highest BCUT2D eigenvalue weighted by atomic mass is 16.5. The lowest BCUT2D eigenvalue weighted by Gasteiger charge is -2.23. The summed E-state index contributed by atoms with van der Waals surface area (Å²) >= 11 is 0. The molecule has 25 heavy (non-hydrogen) atoms. The van der Waals surface area contributed by atoms with Crippen LogP contribution in [0.1, 0.15) is 50.3 Å². The van der Waals surface area contributed by atoms with Gasteiger partial charge in [0.2, 0.25) is 0 Å². The molecule has 0 radical (unpaired) electrons. The second-order valence-electron chi connectivity index (χ2n) is 8.25. The van der Waals surface area contributed by atoms with E-state index in [1.165, 1.54) is 48.2 Å². The summed E-state index contributed by atoms with van der Waals surface area (Å²) < 4.78 is 6.29. The van der Waals surface area contributed by atoms with Gasteiger partial charge in [-0.1, -0.05) is 45.0 Å². The molecule has 2 nitrogen and oxygen atoms in total. The molecule has 1 saturated heterocycles. The summed E-state index contributed by atoms with van der Waals surface area (Å²) in [7, 11) is 0. The largest absolute Gasteiger partial charge is 0.456 e. The summed E-state index contributed by atoms with van der Waals surface area (Å²) in [6.45, 7) is 10.2. The lowest BCUT2D eigenvalue weighted by Crippen LogP contribution is -2.21. The minimum Gasteiger partial charge on any atom is -0.456 e. The molecule has 4 rings (SSSR count). The molecular weight excluding hydrogens is 306 g/mol. The van der Waals surface area contributed by atoms with Crippen LogP contribution in [0.5, 0.6) is 11.5 Å². The molecule has 0 bridgehead atoms. The van der Waals surface area contributed by atoms with Crippen molar-refractivity contribution in [3.05, 3.63) is 59.2 Å². The maximum Gasteiger partial charge on any atom is 0.135 e. The molecule has 2 aromatic rings. The average Bonchev–Trinajstić information content (AvgIpc) is 3.02. The van der Waals surface area contributed by atoms with Crippen LogP contribution < -0.4 is 4.74 Å². The molecule has 2 aliphatic heterocycles. The fourth-order valence-corrected chi connectivity index (χ4v) is 3.73. The van der Waals surface area contributed by atoms with Crippen LogP contribution in [0, 0.1) is 0 Å². The second-order valence-corrected chi connectivity index (χ2v) is 8.25. The van der Waals surface area contributed by atoms with E-state index in [1.54, 1.807) is 0 Å². The normalized spacial score (nSPS) is 17.3. The van der Waals surface area contributed by atoms with Crippen molar-refractivity contribution in [2.45, 2.75) is 39.0 Å². The molecule has 2 heteroatoms. The third-order valence-electron chi connectivity index (χ3n) is 5.25. The van der Waals surface area contributed by atoms with E-state index in [0.717, 1.165) is 18.0 Å². The first-order valence-corrected chi connectivity index (χ1v) is 9.35. The molecule has 0 amide bonds. The van der Waals surface area contributed by atoms with Crippen LogP contribution in [-0.4, -0.2) is 24.5 Å². The van der Waals surface area contributed by atoms with Crippen molar-refractivity contribution in [3.63, 3.8) is 0 Å². The Hall–Kier alpha value is -2.06. The number of likely N-dealkylation sites (tertiary alicyclic amines) is 1. The number of rotatable bonds is 2. The van der Waals surface area contributed by atoms with Gasteiger partial charge in [0.15, 0.2) is 0 Å². The summed E-state index contributed by atoms with van der Waals surface area (Å²) in [6, 6.07) is 15.0. The molecule has 0 saturated carbocycles. The van der Waals surface area contributed by atoms with Gasteiger partial charge in [-0.2, -0.15) is 0 Å². The Bertz CT molecular complexity index is 807. The van der Waals surface area contributed by atoms with Crippen molar-refractivity contribution in [3.8, 4) is 11.5 Å². The maximum atomic E-state index is 6.29. The predicted octanol–water partition coefficient (Wildman–Crippen LogP) is 5.73. The third kappa shape index (κ3) is 3.36. The predicted molar refractivity (Wildman–Crippen MR) is 105 cm³/mol. The van der Waals surface area contributed by atoms with Crippen LogP contribution in [0.2, 0.25) is 0 Å². The number of fused-ring (bicyclic) bond motifs is 2. The first-order chi connectivity index (χ1) is 12.0. The highest BCUT2D eigenvalue weighted by Gasteiger charge is 2.23. The smallest absolute Gasteiger partial charge is 0.135 e. The molecule has 0 N–H and O–H groups in total.